The molecule has 1 aromatic rings. The maximum atomic E-state index is 4.55. The number of hydrogen-bond donors (Lipinski definition) is 0. The lowest BCUT2D eigenvalue weighted by atomic mass is 10.1. The van der Waals surface area contributed by atoms with Crippen LogP contribution in [-0.2, 0) is 13.1 Å². The summed E-state index contributed by atoms with van der Waals surface area (Å²) >= 11 is 3.67. The fraction of sp³-hybridized carbons (Fsp3) is 0.769. The Balaban J connectivity index is 2.08. The van der Waals surface area contributed by atoms with E-state index in [2.05, 4.69) is 51.4 Å². The second-order valence-corrected chi connectivity index (χ2v) is 5.75. The van der Waals surface area contributed by atoms with Crippen molar-refractivity contribution in [3.63, 3.8) is 0 Å². The van der Waals surface area contributed by atoms with E-state index in [1.165, 1.54) is 36.1 Å². The third-order valence-corrected chi connectivity index (χ3v) is 4.81. The van der Waals surface area contributed by atoms with Crippen molar-refractivity contribution in [2.75, 3.05) is 13.1 Å². The Bertz CT molecular complexity index is 386. The second-order valence-electron chi connectivity index (χ2n) is 4.96. The minimum absolute atomic E-state index is 0.896. The third kappa shape index (κ3) is 2.74. The van der Waals surface area contributed by atoms with E-state index >= 15 is 0 Å². The Labute approximate surface area is 112 Å². The number of halogens is 1. The normalized spacial score (nSPS) is 21.3. The Morgan fingerprint density at radius 3 is 2.76 bits per heavy atom. The van der Waals surface area contributed by atoms with E-state index in [1.807, 2.05) is 0 Å². The zero-order chi connectivity index (χ0) is 12.4. The van der Waals surface area contributed by atoms with Crippen LogP contribution in [0.1, 0.15) is 38.1 Å². The Hall–Kier alpha value is -0.350. The van der Waals surface area contributed by atoms with Gasteiger partial charge in [-0.05, 0) is 48.7 Å². The summed E-state index contributed by atoms with van der Waals surface area (Å²) < 4.78 is 3.32. The van der Waals surface area contributed by atoms with E-state index in [4.69, 9.17) is 0 Å². The molecule has 4 heteroatoms. The summed E-state index contributed by atoms with van der Waals surface area (Å²) in [7, 11) is 0. The van der Waals surface area contributed by atoms with Crippen molar-refractivity contribution >= 4 is 15.9 Å². The molecule has 2 rings (SSSR count). The van der Waals surface area contributed by atoms with E-state index < -0.39 is 0 Å². The van der Waals surface area contributed by atoms with Gasteiger partial charge in [-0.3, -0.25) is 9.58 Å². The molecule has 0 bridgehead atoms. The molecule has 1 unspecified atom stereocenters. The van der Waals surface area contributed by atoms with E-state index in [-0.39, 0.29) is 0 Å². The van der Waals surface area contributed by atoms with E-state index in [1.54, 1.807) is 0 Å². The summed E-state index contributed by atoms with van der Waals surface area (Å²) in [5, 5.41) is 4.55. The van der Waals surface area contributed by atoms with Crippen molar-refractivity contribution in [2.45, 2.75) is 46.7 Å². The van der Waals surface area contributed by atoms with Gasteiger partial charge in [0.05, 0.1) is 15.9 Å². The Morgan fingerprint density at radius 1 is 1.41 bits per heavy atom. The summed E-state index contributed by atoms with van der Waals surface area (Å²) in [6.07, 6.45) is 2.66. The lowest BCUT2D eigenvalue weighted by Crippen LogP contribution is -2.22. The van der Waals surface area contributed by atoms with Crippen molar-refractivity contribution in [3.05, 3.63) is 15.9 Å². The first-order valence-corrected chi connectivity index (χ1v) is 7.39. The molecule has 96 valence electrons. The average molecular weight is 300 g/mol. The number of hydrogen-bond acceptors (Lipinski definition) is 2. The highest BCUT2D eigenvalue weighted by Crippen LogP contribution is 2.26. The first-order chi connectivity index (χ1) is 8.15. The van der Waals surface area contributed by atoms with Crippen LogP contribution in [0.5, 0.6) is 0 Å². The number of nitrogens with zero attached hydrogens (tertiary/aromatic N) is 3. The summed E-state index contributed by atoms with van der Waals surface area (Å²) in [5.41, 5.74) is 2.44. The smallest absolute Gasteiger partial charge is 0.0739 e. The molecule has 0 radical (unpaired) electrons. The number of rotatable bonds is 4. The van der Waals surface area contributed by atoms with Gasteiger partial charge in [0.15, 0.2) is 0 Å². The van der Waals surface area contributed by atoms with Crippen LogP contribution in [0, 0.1) is 12.8 Å². The predicted octanol–water partition coefficient (Wildman–Crippen LogP) is 3.21. The van der Waals surface area contributed by atoms with Crippen LogP contribution in [0.25, 0.3) is 0 Å². The quantitative estimate of drug-likeness (QED) is 0.851. The van der Waals surface area contributed by atoms with E-state index in [9.17, 15) is 0 Å². The third-order valence-electron chi connectivity index (χ3n) is 3.77. The van der Waals surface area contributed by atoms with E-state index in [0.717, 1.165) is 24.7 Å². The van der Waals surface area contributed by atoms with Gasteiger partial charge in [0.1, 0.15) is 0 Å². The molecule has 0 aliphatic carbocycles. The molecule has 1 aromatic heterocycles. The number of likely N-dealkylation sites (tertiary alicyclic amines) is 1. The van der Waals surface area contributed by atoms with Gasteiger partial charge in [-0.2, -0.15) is 5.10 Å². The van der Waals surface area contributed by atoms with E-state index in [0.29, 0.717) is 0 Å². The average Bonchev–Trinajstić information content (AvgIpc) is 2.89. The molecule has 1 atom stereocenters. The molecule has 0 saturated carbocycles. The second kappa shape index (κ2) is 5.53. The van der Waals surface area contributed by atoms with Crippen molar-refractivity contribution < 1.29 is 0 Å². The topological polar surface area (TPSA) is 21.1 Å². The lowest BCUT2D eigenvalue weighted by molar-refractivity contribution is 0.303. The molecule has 1 saturated heterocycles. The SMILES string of the molecule is CCC1CCN(Cc2c(Br)c(C)nn2CC)C1. The maximum Gasteiger partial charge on any atom is 0.0739 e. The molecule has 0 spiro atoms. The Morgan fingerprint density at radius 2 is 2.18 bits per heavy atom. The summed E-state index contributed by atoms with van der Waals surface area (Å²) in [6, 6.07) is 0. The van der Waals surface area contributed by atoms with Crippen molar-refractivity contribution in [1.82, 2.24) is 14.7 Å². The zero-order valence-corrected chi connectivity index (χ0v) is 12.6. The van der Waals surface area contributed by atoms with Crippen LogP contribution >= 0.6 is 15.9 Å². The molecular weight excluding hydrogens is 278 g/mol. The van der Waals surface area contributed by atoms with Gasteiger partial charge in [-0.15, -0.1) is 0 Å². The first-order valence-electron chi connectivity index (χ1n) is 6.59. The monoisotopic (exact) mass is 299 g/mol. The Kier molecular flexibility index (Phi) is 4.26. The van der Waals surface area contributed by atoms with Gasteiger partial charge in [0.2, 0.25) is 0 Å². The summed E-state index contributed by atoms with van der Waals surface area (Å²) in [4.78, 5) is 2.56. The lowest BCUT2D eigenvalue weighted by Gasteiger charge is -2.16. The van der Waals surface area contributed by atoms with Crippen LogP contribution < -0.4 is 0 Å². The van der Waals surface area contributed by atoms with Crippen LogP contribution in [0.4, 0.5) is 0 Å². The highest BCUT2D eigenvalue weighted by molar-refractivity contribution is 9.10. The summed E-state index contributed by atoms with van der Waals surface area (Å²) in [6.45, 7) is 11.0. The summed E-state index contributed by atoms with van der Waals surface area (Å²) in [5.74, 6) is 0.896. The molecule has 1 fully saturated rings. The van der Waals surface area contributed by atoms with Gasteiger partial charge < -0.3 is 0 Å². The first kappa shape index (κ1) is 13.1. The van der Waals surface area contributed by atoms with Crippen LogP contribution in [0.15, 0.2) is 4.47 Å². The van der Waals surface area contributed by atoms with Gasteiger partial charge in [0, 0.05) is 19.6 Å². The fourth-order valence-electron chi connectivity index (χ4n) is 2.62. The zero-order valence-electron chi connectivity index (χ0n) is 11.0. The molecule has 17 heavy (non-hydrogen) atoms. The molecule has 3 nitrogen and oxygen atoms in total. The van der Waals surface area contributed by atoms with Gasteiger partial charge in [-0.1, -0.05) is 13.3 Å². The van der Waals surface area contributed by atoms with Gasteiger partial charge in [-0.25, -0.2) is 0 Å². The highest BCUT2D eigenvalue weighted by Gasteiger charge is 2.23. The fourth-order valence-corrected chi connectivity index (χ4v) is 3.03. The number of aromatic nitrogens is 2. The molecule has 1 aliphatic heterocycles. The van der Waals surface area contributed by atoms with Crippen molar-refractivity contribution in [2.24, 2.45) is 5.92 Å². The van der Waals surface area contributed by atoms with Crippen LogP contribution in [0.2, 0.25) is 0 Å². The van der Waals surface area contributed by atoms with Crippen molar-refractivity contribution in [1.29, 1.82) is 0 Å². The molecule has 1 aliphatic rings. The van der Waals surface area contributed by atoms with Crippen LogP contribution in [-0.4, -0.2) is 27.8 Å². The van der Waals surface area contributed by atoms with Crippen molar-refractivity contribution in [3.8, 4) is 0 Å². The maximum absolute atomic E-state index is 4.55. The molecule has 0 aromatic carbocycles. The molecule has 0 N–H and O–H groups in total. The van der Waals surface area contributed by atoms with Gasteiger partial charge in [0.25, 0.3) is 0 Å². The molecule has 0 amide bonds. The number of aryl methyl sites for hydroxylation is 2. The highest BCUT2D eigenvalue weighted by atomic mass is 79.9. The minimum Gasteiger partial charge on any atom is -0.297 e. The predicted molar refractivity (Wildman–Crippen MR) is 74.0 cm³/mol. The largest absolute Gasteiger partial charge is 0.297 e. The standard InChI is InChI=1S/C13H22BrN3/c1-4-11-6-7-16(8-11)9-12-13(14)10(3)15-17(12)5-2/h11H,4-9H2,1-3H3. The van der Waals surface area contributed by atoms with Gasteiger partial charge >= 0.3 is 0 Å². The van der Waals surface area contributed by atoms with Crippen LogP contribution in [0.3, 0.4) is 0 Å². The molecule has 2 heterocycles. The minimum atomic E-state index is 0.896. The molecular formula is C13H22BrN3.